The van der Waals surface area contributed by atoms with Crippen LogP contribution in [0.25, 0.3) is 10.9 Å². The number of benzene rings is 2. The third kappa shape index (κ3) is 6.77. The molecule has 2 N–H and O–H groups in total. The van der Waals surface area contributed by atoms with Crippen LogP contribution in [-0.4, -0.2) is 51.0 Å². The molecule has 0 radical (unpaired) electrons. The Kier molecular flexibility index (Phi) is 8.25. The minimum atomic E-state index is -0.508. The van der Waals surface area contributed by atoms with Crippen molar-refractivity contribution in [1.29, 1.82) is 0 Å². The first-order valence-electron chi connectivity index (χ1n) is 12.6. The summed E-state index contributed by atoms with van der Waals surface area (Å²) < 4.78 is 1.42. The molecule has 10 heteroatoms. The van der Waals surface area contributed by atoms with Gasteiger partial charge in [-0.05, 0) is 61.4 Å². The largest absolute Gasteiger partial charge is 0.341 e. The Labute approximate surface area is 235 Å². The topological polar surface area (TPSA) is 105 Å². The highest BCUT2D eigenvalue weighted by Gasteiger charge is 2.12. The number of amides is 1. The van der Waals surface area contributed by atoms with Crippen LogP contribution in [0.1, 0.15) is 26.4 Å². The number of fused-ring (bicyclic) bond motifs is 1. The van der Waals surface area contributed by atoms with Gasteiger partial charge >= 0.3 is 0 Å². The first kappa shape index (κ1) is 26.7. The lowest BCUT2D eigenvalue weighted by molar-refractivity contribution is 0.0956. The fourth-order valence-electron chi connectivity index (χ4n) is 4.01. The SMILES string of the molecule is CN(C)Cc1ccc(Nc2ncc3cc(C#CCNC(=O)c4cncn(Cc5cccs5)c4=O)ccc3n2)cc1. The molecule has 40 heavy (non-hydrogen) atoms. The molecule has 3 aromatic heterocycles. The fourth-order valence-corrected chi connectivity index (χ4v) is 4.72. The van der Waals surface area contributed by atoms with Crippen LogP contribution in [0, 0.1) is 11.8 Å². The maximum absolute atomic E-state index is 12.7. The average molecular weight is 550 g/mol. The van der Waals surface area contributed by atoms with E-state index in [-0.39, 0.29) is 12.1 Å². The predicted octanol–water partition coefficient (Wildman–Crippen LogP) is 3.88. The summed E-state index contributed by atoms with van der Waals surface area (Å²) in [6, 6.07) is 17.7. The number of carbonyl (C=O) groups is 1. The molecule has 0 aliphatic rings. The number of aromatic nitrogens is 4. The smallest absolute Gasteiger partial charge is 0.266 e. The molecule has 0 fully saturated rings. The van der Waals surface area contributed by atoms with Crippen molar-refractivity contribution in [2.24, 2.45) is 0 Å². The second-order valence-electron chi connectivity index (χ2n) is 9.33. The van der Waals surface area contributed by atoms with Crippen molar-refractivity contribution in [2.45, 2.75) is 13.1 Å². The lowest BCUT2D eigenvalue weighted by atomic mass is 10.1. The zero-order valence-electron chi connectivity index (χ0n) is 22.1. The number of thiophene rings is 1. The Morgan fingerprint density at radius 3 is 2.73 bits per heavy atom. The molecule has 2 aromatic carbocycles. The molecule has 0 saturated carbocycles. The van der Waals surface area contributed by atoms with Crippen molar-refractivity contribution >= 4 is 39.8 Å². The molecule has 0 unspecified atom stereocenters. The Balaban J connectivity index is 1.19. The van der Waals surface area contributed by atoms with E-state index >= 15 is 0 Å². The minimum Gasteiger partial charge on any atom is -0.341 e. The average Bonchev–Trinajstić information content (AvgIpc) is 3.46. The van der Waals surface area contributed by atoms with Crippen molar-refractivity contribution in [3.63, 3.8) is 0 Å². The normalized spacial score (nSPS) is 10.8. The Morgan fingerprint density at radius 1 is 1.10 bits per heavy atom. The van der Waals surface area contributed by atoms with Gasteiger partial charge in [0.05, 0.1) is 24.9 Å². The van der Waals surface area contributed by atoms with Gasteiger partial charge in [0, 0.05) is 40.5 Å². The van der Waals surface area contributed by atoms with E-state index in [0.717, 1.165) is 33.6 Å². The Hall–Kier alpha value is -4.85. The Morgan fingerprint density at radius 2 is 1.95 bits per heavy atom. The molecule has 200 valence electrons. The third-order valence-electron chi connectivity index (χ3n) is 5.91. The van der Waals surface area contributed by atoms with Gasteiger partial charge in [0.25, 0.3) is 11.5 Å². The summed E-state index contributed by atoms with van der Waals surface area (Å²) >= 11 is 1.54. The third-order valence-corrected chi connectivity index (χ3v) is 6.77. The summed E-state index contributed by atoms with van der Waals surface area (Å²) in [6.45, 7) is 1.34. The molecular formula is C30H27N7O2S. The molecular weight excluding hydrogens is 522 g/mol. The molecule has 0 aliphatic carbocycles. The number of nitrogens with one attached hydrogen (secondary N) is 2. The molecule has 0 saturated heterocycles. The quantitative estimate of drug-likeness (QED) is 0.283. The summed E-state index contributed by atoms with van der Waals surface area (Å²) in [5, 5.41) is 8.71. The molecule has 1 amide bonds. The number of hydrogen-bond donors (Lipinski definition) is 2. The van der Waals surface area contributed by atoms with Crippen molar-refractivity contribution in [3.05, 3.63) is 111 Å². The summed E-state index contributed by atoms with van der Waals surface area (Å²) in [6.07, 6.45) is 4.47. The lowest BCUT2D eigenvalue weighted by Crippen LogP contribution is -2.33. The van der Waals surface area contributed by atoms with E-state index in [2.05, 4.69) is 54.5 Å². The van der Waals surface area contributed by atoms with E-state index in [1.807, 2.05) is 61.9 Å². The molecule has 0 bridgehead atoms. The summed E-state index contributed by atoms with van der Waals surface area (Å²) in [7, 11) is 4.08. The fraction of sp³-hybridized carbons (Fsp3) is 0.167. The van der Waals surface area contributed by atoms with Gasteiger partial charge in [-0.1, -0.05) is 30.0 Å². The van der Waals surface area contributed by atoms with Gasteiger partial charge in [-0.15, -0.1) is 11.3 Å². The van der Waals surface area contributed by atoms with Crippen LogP contribution in [-0.2, 0) is 13.1 Å². The predicted molar refractivity (Wildman–Crippen MR) is 158 cm³/mol. The number of hydrogen-bond acceptors (Lipinski definition) is 8. The van der Waals surface area contributed by atoms with Gasteiger partial charge in [0.2, 0.25) is 5.95 Å². The molecule has 3 heterocycles. The van der Waals surface area contributed by atoms with Crippen LogP contribution in [0.5, 0.6) is 0 Å². The van der Waals surface area contributed by atoms with Gasteiger partial charge in [-0.3, -0.25) is 14.2 Å². The van der Waals surface area contributed by atoms with Gasteiger partial charge in [-0.25, -0.2) is 15.0 Å². The zero-order valence-corrected chi connectivity index (χ0v) is 22.9. The van der Waals surface area contributed by atoms with Crippen molar-refractivity contribution in [1.82, 2.24) is 29.7 Å². The van der Waals surface area contributed by atoms with Crippen molar-refractivity contribution in [3.8, 4) is 11.8 Å². The number of anilines is 2. The standard InChI is InChI=1S/C30H27N7O2S/c1-36(2)18-22-7-10-24(11-8-22)34-30-33-16-23-15-21(9-12-27(23)35-30)5-3-13-32-28(38)26-17-31-20-37(29(26)39)19-25-6-4-14-40-25/h4,6-12,14-17,20H,13,18-19H2,1-2H3,(H,32,38)(H,33,34,35). The first-order valence-corrected chi connectivity index (χ1v) is 13.4. The Bertz CT molecular complexity index is 1750. The highest BCUT2D eigenvalue weighted by molar-refractivity contribution is 7.09. The molecule has 5 aromatic rings. The van der Waals surface area contributed by atoms with E-state index in [4.69, 9.17) is 0 Å². The van der Waals surface area contributed by atoms with Crippen LogP contribution < -0.4 is 16.2 Å². The van der Waals surface area contributed by atoms with Crippen molar-refractivity contribution < 1.29 is 4.79 Å². The maximum Gasteiger partial charge on any atom is 0.266 e. The molecule has 9 nitrogen and oxygen atoms in total. The first-order chi connectivity index (χ1) is 19.4. The lowest BCUT2D eigenvalue weighted by Gasteiger charge is -2.10. The van der Waals surface area contributed by atoms with Crippen LogP contribution >= 0.6 is 11.3 Å². The van der Waals surface area contributed by atoms with E-state index in [0.29, 0.717) is 12.5 Å². The highest BCUT2D eigenvalue weighted by atomic mass is 32.1. The summed E-state index contributed by atoms with van der Waals surface area (Å²) in [5.74, 6) is 5.97. The second kappa shape index (κ2) is 12.3. The molecule has 0 spiro atoms. The monoisotopic (exact) mass is 549 g/mol. The summed E-state index contributed by atoms with van der Waals surface area (Å²) in [5.41, 5.74) is 3.29. The highest BCUT2D eigenvalue weighted by Crippen LogP contribution is 2.18. The van der Waals surface area contributed by atoms with E-state index < -0.39 is 11.5 Å². The van der Waals surface area contributed by atoms with E-state index in [1.54, 1.807) is 17.5 Å². The molecule has 0 aliphatic heterocycles. The van der Waals surface area contributed by atoms with Gasteiger partial charge < -0.3 is 15.5 Å². The van der Waals surface area contributed by atoms with Gasteiger partial charge in [0.15, 0.2) is 0 Å². The van der Waals surface area contributed by atoms with Gasteiger partial charge in [0.1, 0.15) is 5.56 Å². The van der Waals surface area contributed by atoms with E-state index in [9.17, 15) is 9.59 Å². The maximum atomic E-state index is 12.7. The van der Waals surface area contributed by atoms with Crippen LogP contribution in [0.4, 0.5) is 11.6 Å². The summed E-state index contributed by atoms with van der Waals surface area (Å²) in [4.78, 5) is 41.5. The van der Waals surface area contributed by atoms with E-state index in [1.165, 1.54) is 22.7 Å². The van der Waals surface area contributed by atoms with Gasteiger partial charge in [-0.2, -0.15) is 0 Å². The molecule has 0 atom stereocenters. The second-order valence-corrected chi connectivity index (χ2v) is 10.4. The minimum absolute atomic E-state index is 0.0161. The molecule has 5 rings (SSSR count). The van der Waals surface area contributed by atoms with Crippen LogP contribution in [0.15, 0.2) is 83.5 Å². The number of rotatable bonds is 8. The van der Waals surface area contributed by atoms with Crippen LogP contribution in [0.2, 0.25) is 0 Å². The number of carbonyl (C=O) groups excluding carboxylic acids is 1. The zero-order chi connectivity index (χ0) is 27.9. The van der Waals surface area contributed by atoms with Crippen molar-refractivity contribution in [2.75, 3.05) is 26.0 Å². The number of nitrogens with zero attached hydrogens (tertiary/aromatic N) is 5. The van der Waals surface area contributed by atoms with Crippen LogP contribution in [0.3, 0.4) is 0 Å².